The van der Waals surface area contributed by atoms with Gasteiger partial charge in [0.1, 0.15) is 11.1 Å². The molecule has 0 saturated carbocycles. The van der Waals surface area contributed by atoms with Gasteiger partial charge in [-0.2, -0.15) is 0 Å². The van der Waals surface area contributed by atoms with E-state index < -0.39 is 11.1 Å². The Labute approximate surface area is 98.9 Å². The second-order valence-corrected chi connectivity index (χ2v) is 6.23. The second kappa shape index (κ2) is 4.72. The zero-order chi connectivity index (χ0) is 13.2. The highest BCUT2D eigenvalue weighted by Gasteiger charge is 2.37. The molecule has 0 aromatic heterocycles. The highest BCUT2D eigenvalue weighted by atomic mass is 16.6. The summed E-state index contributed by atoms with van der Waals surface area (Å²) in [4.78, 5) is 11.9. The molecule has 0 aliphatic carbocycles. The molecule has 4 heteroatoms. The van der Waals surface area contributed by atoms with Gasteiger partial charge in [0, 0.05) is 5.54 Å². The highest BCUT2D eigenvalue weighted by Crippen LogP contribution is 2.21. The van der Waals surface area contributed by atoms with Crippen molar-refractivity contribution < 1.29 is 9.53 Å². The van der Waals surface area contributed by atoms with Crippen molar-refractivity contribution in [2.45, 2.75) is 64.6 Å². The third-order valence-corrected chi connectivity index (χ3v) is 2.35. The van der Waals surface area contributed by atoms with Crippen molar-refractivity contribution in [3.8, 4) is 0 Å². The van der Waals surface area contributed by atoms with Crippen LogP contribution in [-0.4, -0.2) is 29.7 Å². The number of nitrogens with two attached hydrogens (primary N) is 1. The molecule has 0 aromatic rings. The first-order valence-electron chi connectivity index (χ1n) is 5.61. The highest BCUT2D eigenvalue weighted by molar-refractivity contribution is 5.80. The summed E-state index contributed by atoms with van der Waals surface area (Å²) < 4.78 is 5.30. The number of carbonyl (C=O) groups is 1. The molecule has 96 valence electrons. The van der Waals surface area contributed by atoms with Gasteiger partial charge >= 0.3 is 5.97 Å². The Morgan fingerprint density at radius 3 is 1.94 bits per heavy atom. The normalized spacial score (nSPS) is 16.8. The summed E-state index contributed by atoms with van der Waals surface area (Å²) in [6, 6.07) is 0. The molecule has 1 unspecified atom stereocenters. The maximum Gasteiger partial charge on any atom is 0.326 e. The zero-order valence-electron chi connectivity index (χ0n) is 11.6. The van der Waals surface area contributed by atoms with Crippen molar-refractivity contribution in [2.24, 2.45) is 5.73 Å². The molecule has 0 heterocycles. The molecular formula is C12H26N2O2. The quantitative estimate of drug-likeness (QED) is 0.717. The molecule has 0 aromatic carbocycles. The van der Waals surface area contributed by atoms with Crippen LogP contribution in [0.1, 0.15) is 48.0 Å². The minimum atomic E-state index is -0.972. The first kappa shape index (κ1) is 15.4. The fourth-order valence-corrected chi connectivity index (χ4v) is 1.47. The van der Waals surface area contributed by atoms with Crippen LogP contribution in [0.3, 0.4) is 0 Å². The van der Waals surface area contributed by atoms with E-state index >= 15 is 0 Å². The standard InChI is InChI=1S/C12H26N2O2/c1-10(2,3)16-9(15)12(6,13)8-11(4,5)14-7/h14H,8,13H2,1-7H3. The molecule has 0 radical (unpaired) electrons. The lowest BCUT2D eigenvalue weighted by Gasteiger charge is -2.34. The smallest absolute Gasteiger partial charge is 0.326 e. The Balaban J connectivity index is 4.61. The zero-order valence-corrected chi connectivity index (χ0v) is 11.6. The Kier molecular flexibility index (Phi) is 4.54. The number of esters is 1. The summed E-state index contributed by atoms with van der Waals surface area (Å²) >= 11 is 0. The number of rotatable bonds is 4. The molecule has 0 bridgehead atoms. The molecule has 0 saturated heterocycles. The molecule has 0 spiro atoms. The minimum absolute atomic E-state index is 0.194. The Bertz CT molecular complexity index is 252. The van der Waals surface area contributed by atoms with Crippen molar-refractivity contribution in [1.29, 1.82) is 0 Å². The molecule has 1 atom stereocenters. The van der Waals surface area contributed by atoms with E-state index in [-0.39, 0.29) is 11.5 Å². The van der Waals surface area contributed by atoms with Crippen molar-refractivity contribution in [3.05, 3.63) is 0 Å². The molecule has 0 fully saturated rings. The van der Waals surface area contributed by atoms with Gasteiger partial charge in [0.25, 0.3) is 0 Å². The van der Waals surface area contributed by atoms with Gasteiger partial charge in [-0.15, -0.1) is 0 Å². The summed E-state index contributed by atoms with van der Waals surface area (Å²) in [6.45, 7) is 11.2. The van der Waals surface area contributed by atoms with Gasteiger partial charge in [0.05, 0.1) is 0 Å². The molecule has 0 amide bonds. The average Bonchev–Trinajstić information content (AvgIpc) is 1.99. The molecule has 0 aliphatic rings. The van der Waals surface area contributed by atoms with E-state index in [1.807, 2.05) is 41.7 Å². The predicted molar refractivity (Wildman–Crippen MR) is 66.2 cm³/mol. The summed E-state index contributed by atoms with van der Waals surface area (Å²) in [7, 11) is 1.85. The lowest BCUT2D eigenvalue weighted by atomic mass is 9.86. The van der Waals surface area contributed by atoms with Crippen LogP contribution in [0, 0.1) is 0 Å². The number of hydrogen-bond acceptors (Lipinski definition) is 4. The molecule has 0 rings (SSSR count). The van der Waals surface area contributed by atoms with Crippen LogP contribution < -0.4 is 11.1 Å². The number of hydrogen-bond donors (Lipinski definition) is 2. The maximum atomic E-state index is 11.9. The fraction of sp³-hybridized carbons (Fsp3) is 0.917. The lowest BCUT2D eigenvalue weighted by Crippen LogP contribution is -2.55. The predicted octanol–water partition coefficient (Wildman–Crippen LogP) is 1.43. The van der Waals surface area contributed by atoms with Gasteiger partial charge in [-0.25, -0.2) is 0 Å². The summed E-state index contributed by atoms with van der Waals surface area (Å²) in [6.07, 6.45) is 0.519. The summed E-state index contributed by atoms with van der Waals surface area (Å²) in [5.41, 5.74) is 4.35. The van der Waals surface area contributed by atoms with E-state index in [4.69, 9.17) is 10.5 Å². The van der Waals surface area contributed by atoms with E-state index in [1.54, 1.807) is 6.92 Å². The Morgan fingerprint density at radius 1 is 1.19 bits per heavy atom. The summed E-state index contributed by atoms with van der Waals surface area (Å²) in [5.74, 6) is -0.358. The van der Waals surface area contributed by atoms with Crippen molar-refractivity contribution in [1.82, 2.24) is 5.32 Å². The monoisotopic (exact) mass is 230 g/mol. The largest absolute Gasteiger partial charge is 0.459 e. The van der Waals surface area contributed by atoms with Gasteiger partial charge in [-0.1, -0.05) is 0 Å². The number of carbonyl (C=O) groups excluding carboxylic acids is 1. The van der Waals surface area contributed by atoms with E-state index in [0.717, 1.165) is 0 Å². The van der Waals surface area contributed by atoms with Crippen LogP contribution >= 0.6 is 0 Å². The molecule has 16 heavy (non-hydrogen) atoms. The number of ether oxygens (including phenoxy) is 1. The van der Waals surface area contributed by atoms with Gasteiger partial charge < -0.3 is 15.8 Å². The first-order chi connectivity index (χ1) is 6.90. The SMILES string of the molecule is CNC(C)(C)CC(C)(N)C(=O)OC(C)(C)C. The van der Waals surface area contributed by atoms with Crippen LogP contribution in [0.25, 0.3) is 0 Å². The Morgan fingerprint density at radius 2 is 1.62 bits per heavy atom. The van der Waals surface area contributed by atoms with Crippen LogP contribution in [0.5, 0.6) is 0 Å². The van der Waals surface area contributed by atoms with Crippen molar-refractivity contribution in [3.63, 3.8) is 0 Å². The molecular weight excluding hydrogens is 204 g/mol. The Hall–Kier alpha value is -0.610. The van der Waals surface area contributed by atoms with Gasteiger partial charge in [0.15, 0.2) is 0 Å². The van der Waals surface area contributed by atoms with E-state index in [9.17, 15) is 4.79 Å². The first-order valence-corrected chi connectivity index (χ1v) is 5.61. The van der Waals surface area contributed by atoms with Crippen LogP contribution in [0.2, 0.25) is 0 Å². The molecule has 0 aliphatic heterocycles. The topological polar surface area (TPSA) is 64.3 Å². The van der Waals surface area contributed by atoms with Crippen molar-refractivity contribution in [2.75, 3.05) is 7.05 Å². The van der Waals surface area contributed by atoms with Gasteiger partial charge in [-0.05, 0) is 55.0 Å². The van der Waals surface area contributed by atoms with Crippen LogP contribution in [0.4, 0.5) is 0 Å². The van der Waals surface area contributed by atoms with Gasteiger partial charge in [0.2, 0.25) is 0 Å². The van der Waals surface area contributed by atoms with Gasteiger partial charge in [-0.3, -0.25) is 4.79 Å². The third-order valence-electron chi connectivity index (χ3n) is 2.35. The van der Waals surface area contributed by atoms with E-state index in [2.05, 4.69) is 5.32 Å². The third kappa shape index (κ3) is 5.47. The second-order valence-electron chi connectivity index (χ2n) is 6.23. The van der Waals surface area contributed by atoms with Crippen LogP contribution in [0.15, 0.2) is 0 Å². The van der Waals surface area contributed by atoms with E-state index in [1.165, 1.54) is 0 Å². The van der Waals surface area contributed by atoms with E-state index in [0.29, 0.717) is 6.42 Å². The molecule has 3 N–H and O–H groups in total. The number of nitrogens with one attached hydrogen (secondary N) is 1. The minimum Gasteiger partial charge on any atom is -0.459 e. The molecule has 4 nitrogen and oxygen atoms in total. The summed E-state index contributed by atoms with van der Waals surface area (Å²) in [5, 5.41) is 3.13. The fourth-order valence-electron chi connectivity index (χ4n) is 1.47. The lowest BCUT2D eigenvalue weighted by molar-refractivity contribution is -0.161. The average molecular weight is 230 g/mol. The van der Waals surface area contributed by atoms with Crippen molar-refractivity contribution >= 4 is 5.97 Å². The maximum absolute atomic E-state index is 11.9. The van der Waals surface area contributed by atoms with Crippen LogP contribution in [-0.2, 0) is 9.53 Å².